The standard InChI is InChI=1S/C13H15N3O4/c1-14-10(17)6-8-16-13(20)12-9(3-2-7-15-12)4-5-11(18)19/h2-5,7H,6,8H2,1H3,(H,14,17)(H,16,20)(H,18,19)/b5-4+. The van der Waals surface area contributed by atoms with E-state index in [2.05, 4.69) is 15.6 Å². The Bertz CT molecular complexity index is 540. The first-order chi connectivity index (χ1) is 9.54. The predicted octanol–water partition coefficient (Wildman–Crippen LogP) is 0.0453. The largest absolute Gasteiger partial charge is 0.478 e. The highest BCUT2D eigenvalue weighted by molar-refractivity contribution is 5.97. The molecule has 0 saturated carbocycles. The van der Waals surface area contributed by atoms with Gasteiger partial charge in [0.15, 0.2) is 0 Å². The molecule has 3 N–H and O–H groups in total. The topological polar surface area (TPSA) is 108 Å². The van der Waals surface area contributed by atoms with Crippen molar-refractivity contribution in [1.29, 1.82) is 0 Å². The highest BCUT2D eigenvalue weighted by atomic mass is 16.4. The predicted molar refractivity (Wildman–Crippen MR) is 71.9 cm³/mol. The van der Waals surface area contributed by atoms with Crippen LogP contribution in [0.3, 0.4) is 0 Å². The molecular formula is C13H15N3O4. The summed E-state index contributed by atoms with van der Waals surface area (Å²) in [7, 11) is 1.51. The minimum Gasteiger partial charge on any atom is -0.478 e. The monoisotopic (exact) mass is 277 g/mol. The zero-order chi connectivity index (χ0) is 15.0. The molecule has 7 nitrogen and oxygen atoms in total. The Morgan fingerprint density at radius 1 is 1.40 bits per heavy atom. The summed E-state index contributed by atoms with van der Waals surface area (Å²) in [6, 6.07) is 3.18. The second-order valence-corrected chi connectivity index (χ2v) is 3.79. The van der Waals surface area contributed by atoms with E-state index in [-0.39, 0.29) is 24.6 Å². The van der Waals surface area contributed by atoms with Crippen LogP contribution in [0.15, 0.2) is 24.4 Å². The van der Waals surface area contributed by atoms with Gasteiger partial charge in [-0.1, -0.05) is 6.07 Å². The molecule has 106 valence electrons. The van der Waals surface area contributed by atoms with Crippen LogP contribution in [0, 0.1) is 0 Å². The number of hydrogen-bond acceptors (Lipinski definition) is 4. The van der Waals surface area contributed by atoms with Crippen molar-refractivity contribution >= 4 is 23.9 Å². The number of carboxylic acids is 1. The summed E-state index contributed by atoms with van der Waals surface area (Å²) < 4.78 is 0. The molecule has 0 saturated heterocycles. The average Bonchev–Trinajstić information content (AvgIpc) is 2.45. The molecule has 0 unspecified atom stereocenters. The molecule has 1 aromatic heterocycles. The average molecular weight is 277 g/mol. The molecule has 1 heterocycles. The molecule has 0 bridgehead atoms. The summed E-state index contributed by atoms with van der Waals surface area (Å²) in [6.07, 6.45) is 3.82. The van der Waals surface area contributed by atoms with E-state index in [4.69, 9.17) is 5.11 Å². The molecule has 0 aromatic carbocycles. The number of nitrogens with one attached hydrogen (secondary N) is 2. The molecular weight excluding hydrogens is 262 g/mol. The number of carbonyl (C=O) groups excluding carboxylic acids is 2. The molecule has 0 aliphatic carbocycles. The SMILES string of the molecule is CNC(=O)CCNC(=O)c1ncccc1/C=C/C(=O)O. The second-order valence-electron chi connectivity index (χ2n) is 3.79. The number of pyridine rings is 1. The minimum atomic E-state index is -1.11. The van der Waals surface area contributed by atoms with Crippen LogP contribution in [0.5, 0.6) is 0 Å². The van der Waals surface area contributed by atoms with Crippen LogP contribution < -0.4 is 10.6 Å². The van der Waals surface area contributed by atoms with Gasteiger partial charge >= 0.3 is 5.97 Å². The molecule has 0 fully saturated rings. The summed E-state index contributed by atoms with van der Waals surface area (Å²) in [5, 5.41) is 13.6. The van der Waals surface area contributed by atoms with Gasteiger partial charge < -0.3 is 15.7 Å². The molecule has 1 rings (SSSR count). The van der Waals surface area contributed by atoms with Gasteiger partial charge in [-0.25, -0.2) is 4.79 Å². The molecule has 0 spiro atoms. The van der Waals surface area contributed by atoms with Crippen LogP contribution in [-0.2, 0) is 9.59 Å². The van der Waals surface area contributed by atoms with E-state index in [9.17, 15) is 14.4 Å². The Balaban J connectivity index is 2.72. The van der Waals surface area contributed by atoms with Crippen molar-refractivity contribution in [1.82, 2.24) is 15.6 Å². The quantitative estimate of drug-likeness (QED) is 0.636. The minimum absolute atomic E-state index is 0.113. The van der Waals surface area contributed by atoms with Gasteiger partial charge in [-0.05, 0) is 12.1 Å². The zero-order valence-corrected chi connectivity index (χ0v) is 10.9. The Kier molecular flexibility index (Phi) is 5.89. The molecule has 1 aromatic rings. The number of rotatable bonds is 6. The van der Waals surface area contributed by atoms with Crippen molar-refractivity contribution < 1.29 is 19.5 Å². The summed E-state index contributed by atoms with van der Waals surface area (Å²) in [5.41, 5.74) is 0.509. The number of aliphatic carboxylic acids is 1. The third-order valence-electron chi connectivity index (χ3n) is 2.38. The van der Waals surface area contributed by atoms with Gasteiger partial charge in [-0.2, -0.15) is 0 Å². The van der Waals surface area contributed by atoms with Crippen molar-refractivity contribution in [3.63, 3.8) is 0 Å². The number of amides is 2. The fourth-order valence-electron chi connectivity index (χ4n) is 1.40. The van der Waals surface area contributed by atoms with E-state index in [1.165, 1.54) is 19.3 Å². The molecule has 0 aliphatic rings. The van der Waals surface area contributed by atoms with Crippen molar-refractivity contribution in [3.8, 4) is 0 Å². The van der Waals surface area contributed by atoms with Crippen LogP contribution in [0.25, 0.3) is 6.08 Å². The van der Waals surface area contributed by atoms with Gasteiger partial charge in [0.2, 0.25) is 5.91 Å². The number of aromatic nitrogens is 1. The van der Waals surface area contributed by atoms with Crippen molar-refractivity contribution in [2.24, 2.45) is 0 Å². The molecule has 0 aliphatic heterocycles. The van der Waals surface area contributed by atoms with Crippen molar-refractivity contribution in [2.45, 2.75) is 6.42 Å². The fourth-order valence-corrected chi connectivity index (χ4v) is 1.40. The maximum Gasteiger partial charge on any atom is 0.328 e. The lowest BCUT2D eigenvalue weighted by Crippen LogP contribution is -2.30. The Labute approximate surface area is 115 Å². The summed E-state index contributed by atoms with van der Waals surface area (Å²) in [5.74, 6) is -1.75. The fraction of sp³-hybridized carbons (Fsp3) is 0.231. The smallest absolute Gasteiger partial charge is 0.328 e. The van der Waals surface area contributed by atoms with Gasteiger partial charge in [0, 0.05) is 37.8 Å². The van der Waals surface area contributed by atoms with E-state index in [0.29, 0.717) is 5.56 Å². The molecule has 20 heavy (non-hydrogen) atoms. The lowest BCUT2D eigenvalue weighted by atomic mass is 10.1. The van der Waals surface area contributed by atoms with Gasteiger partial charge in [0.1, 0.15) is 5.69 Å². The molecule has 0 radical (unpaired) electrons. The van der Waals surface area contributed by atoms with Crippen LogP contribution in [0.4, 0.5) is 0 Å². The summed E-state index contributed by atoms with van der Waals surface area (Å²) in [4.78, 5) is 37.3. The lowest BCUT2D eigenvalue weighted by molar-refractivity contribution is -0.131. The van der Waals surface area contributed by atoms with Crippen molar-refractivity contribution in [2.75, 3.05) is 13.6 Å². The third kappa shape index (κ3) is 4.89. The third-order valence-corrected chi connectivity index (χ3v) is 2.38. The Hall–Kier alpha value is -2.70. The maximum absolute atomic E-state index is 11.9. The molecule has 0 atom stereocenters. The van der Waals surface area contributed by atoms with Gasteiger partial charge in [-0.15, -0.1) is 0 Å². The Morgan fingerprint density at radius 3 is 2.80 bits per heavy atom. The first-order valence-electron chi connectivity index (χ1n) is 5.89. The van der Waals surface area contributed by atoms with E-state index < -0.39 is 11.9 Å². The summed E-state index contributed by atoms with van der Waals surface area (Å²) in [6.45, 7) is 0.178. The Morgan fingerprint density at radius 2 is 2.15 bits per heavy atom. The first-order valence-corrected chi connectivity index (χ1v) is 5.89. The van der Waals surface area contributed by atoms with Crippen LogP contribution in [0.2, 0.25) is 0 Å². The first kappa shape index (κ1) is 15.4. The van der Waals surface area contributed by atoms with E-state index >= 15 is 0 Å². The van der Waals surface area contributed by atoms with E-state index in [0.717, 1.165) is 6.08 Å². The maximum atomic E-state index is 11.9. The van der Waals surface area contributed by atoms with Crippen LogP contribution in [0.1, 0.15) is 22.5 Å². The highest BCUT2D eigenvalue weighted by Crippen LogP contribution is 2.07. The van der Waals surface area contributed by atoms with Crippen LogP contribution >= 0.6 is 0 Å². The number of carboxylic acid groups (broad SMARTS) is 1. The molecule has 2 amide bonds. The number of hydrogen-bond donors (Lipinski definition) is 3. The van der Waals surface area contributed by atoms with E-state index in [1.807, 2.05) is 0 Å². The number of carbonyl (C=O) groups is 3. The number of nitrogens with zero attached hydrogens (tertiary/aromatic N) is 1. The van der Waals surface area contributed by atoms with Crippen LogP contribution in [-0.4, -0.2) is 41.5 Å². The van der Waals surface area contributed by atoms with E-state index in [1.54, 1.807) is 12.1 Å². The molecule has 7 heteroatoms. The van der Waals surface area contributed by atoms with Gasteiger partial charge in [0.25, 0.3) is 5.91 Å². The van der Waals surface area contributed by atoms with Gasteiger partial charge in [0.05, 0.1) is 0 Å². The van der Waals surface area contributed by atoms with Gasteiger partial charge in [-0.3, -0.25) is 14.6 Å². The normalized spacial score (nSPS) is 10.2. The van der Waals surface area contributed by atoms with Crippen molar-refractivity contribution in [3.05, 3.63) is 35.7 Å². The summed E-state index contributed by atoms with van der Waals surface area (Å²) >= 11 is 0. The second kappa shape index (κ2) is 7.67. The highest BCUT2D eigenvalue weighted by Gasteiger charge is 2.11. The zero-order valence-electron chi connectivity index (χ0n) is 10.9. The lowest BCUT2D eigenvalue weighted by Gasteiger charge is -2.06.